The lowest BCUT2D eigenvalue weighted by Gasteiger charge is -2.42. The molecule has 5 nitrogen and oxygen atoms in total. The van der Waals surface area contributed by atoms with Gasteiger partial charge in [-0.15, -0.1) is 0 Å². The zero-order valence-electron chi connectivity index (χ0n) is 13.6. The summed E-state index contributed by atoms with van der Waals surface area (Å²) in [5.74, 6) is 0. The van der Waals surface area contributed by atoms with Crippen molar-refractivity contribution < 1.29 is 8.42 Å². The Morgan fingerprint density at radius 1 is 1.35 bits per heavy atom. The molecular formula is C16H22BrN3O2S. The summed E-state index contributed by atoms with van der Waals surface area (Å²) in [5.41, 5.74) is 0.651. The number of halogens is 1. The van der Waals surface area contributed by atoms with Gasteiger partial charge in [0.05, 0.1) is 11.3 Å². The molecule has 1 fully saturated rings. The van der Waals surface area contributed by atoms with E-state index >= 15 is 0 Å². The maximum atomic E-state index is 12.8. The number of benzene rings is 1. The minimum absolute atomic E-state index is 0.295. The molecule has 0 bridgehead atoms. The zero-order chi connectivity index (χ0) is 17.3. The number of hydrogen-bond donors (Lipinski definition) is 2. The quantitative estimate of drug-likeness (QED) is 0.794. The summed E-state index contributed by atoms with van der Waals surface area (Å²) in [6, 6.07) is 7.43. The highest BCUT2D eigenvalue weighted by Gasteiger charge is 2.49. The van der Waals surface area contributed by atoms with Crippen molar-refractivity contribution in [1.82, 2.24) is 4.72 Å². The van der Waals surface area contributed by atoms with Crippen LogP contribution in [0.3, 0.4) is 0 Å². The second kappa shape index (κ2) is 6.42. The smallest absolute Gasteiger partial charge is 0.219 e. The maximum Gasteiger partial charge on any atom is 0.219 e. The Bertz CT molecular complexity index is 729. The fourth-order valence-corrected chi connectivity index (χ4v) is 5.11. The average Bonchev–Trinajstić information content (AvgIpc) is 2.34. The van der Waals surface area contributed by atoms with Crippen LogP contribution in [0.2, 0.25) is 0 Å². The molecule has 0 saturated heterocycles. The van der Waals surface area contributed by atoms with E-state index in [1.54, 1.807) is 18.2 Å². The Hall–Kier alpha value is -1.10. The first-order valence-corrected chi connectivity index (χ1v) is 9.83. The molecule has 1 aliphatic rings. The number of nitrogens with one attached hydrogen (secondary N) is 2. The first-order chi connectivity index (χ1) is 10.6. The molecule has 1 aliphatic carbocycles. The number of anilines is 1. The molecule has 1 aromatic carbocycles. The highest BCUT2D eigenvalue weighted by atomic mass is 79.9. The monoisotopic (exact) mass is 399 g/mol. The molecule has 126 valence electrons. The molecule has 0 amide bonds. The molecule has 23 heavy (non-hydrogen) atoms. The van der Waals surface area contributed by atoms with Crippen LogP contribution in [-0.4, -0.2) is 25.2 Å². The van der Waals surface area contributed by atoms with E-state index in [1.165, 1.54) is 0 Å². The highest BCUT2D eigenvalue weighted by Crippen LogP contribution is 2.40. The summed E-state index contributed by atoms with van der Waals surface area (Å²) in [6.45, 7) is 5.81. The van der Waals surface area contributed by atoms with Crippen LogP contribution >= 0.6 is 15.9 Å². The maximum absolute atomic E-state index is 12.8. The van der Waals surface area contributed by atoms with Crippen LogP contribution in [-0.2, 0) is 10.0 Å². The molecule has 0 unspecified atom stereocenters. The first-order valence-electron chi connectivity index (χ1n) is 7.56. The van der Waals surface area contributed by atoms with Crippen molar-refractivity contribution in [2.24, 2.45) is 0 Å². The second-order valence-electron chi connectivity index (χ2n) is 7.05. The predicted octanol–water partition coefficient (Wildman–Crippen LogP) is 3.37. The van der Waals surface area contributed by atoms with Gasteiger partial charge in [-0.05, 0) is 51.8 Å². The lowest BCUT2D eigenvalue weighted by atomic mass is 9.84. The Balaban J connectivity index is 2.21. The van der Waals surface area contributed by atoms with Gasteiger partial charge in [-0.25, -0.2) is 13.1 Å². The summed E-state index contributed by atoms with van der Waals surface area (Å²) < 4.78 is 28.3. The summed E-state index contributed by atoms with van der Waals surface area (Å²) in [6.07, 6.45) is 2.15. The van der Waals surface area contributed by atoms with Crippen LogP contribution < -0.4 is 10.0 Å². The molecular weight excluding hydrogens is 378 g/mol. The van der Waals surface area contributed by atoms with Crippen molar-refractivity contribution in [3.05, 3.63) is 28.2 Å². The number of nitrogens with zero attached hydrogens (tertiary/aromatic N) is 1. The normalized spacial score (nSPS) is 17.2. The van der Waals surface area contributed by atoms with Crippen molar-refractivity contribution in [2.45, 2.75) is 50.3 Å². The molecule has 1 aromatic rings. The predicted molar refractivity (Wildman–Crippen MR) is 95.7 cm³/mol. The fraction of sp³-hybridized carbons (Fsp3) is 0.562. The molecule has 0 radical (unpaired) electrons. The SMILES string of the molecule is CC(C)(C)NS(=O)(=O)C1(CNc2cc(Br)ccc2C#N)CCC1. The second-order valence-corrected chi connectivity index (χ2v) is 10.0. The third kappa shape index (κ3) is 4.06. The average molecular weight is 400 g/mol. The molecule has 0 aliphatic heterocycles. The van der Waals surface area contributed by atoms with Crippen LogP contribution in [0, 0.1) is 11.3 Å². The molecule has 0 spiro atoms. The molecule has 1 saturated carbocycles. The van der Waals surface area contributed by atoms with Gasteiger partial charge in [0.15, 0.2) is 0 Å². The highest BCUT2D eigenvalue weighted by molar-refractivity contribution is 9.10. The van der Waals surface area contributed by atoms with Crippen LogP contribution in [0.1, 0.15) is 45.6 Å². The summed E-state index contributed by atoms with van der Waals surface area (Å²) in [4.78, 5) is 0. The Morgan fingerprint density at radius 2 is 2.00 bits per heavy atom. The molecule has 0 heterocycles. The minimum atomic E-state index is -3.45. The summed E-state index contributed by atoms with van der Waals surface area (Å²) in [5, 5.41) is 12.4. The van der Waals surface area contributed by atoms with Gasteiger partial charge in [0.1, 0.15) is 10.8 Å². The van der Waals surface area contributed by atoms with Gasteiger partial charge in [-0.1, -0.05) is 22.4 Å². The van der Waals surface area contributed by atoms with Gasteiger partial charge < -0.3 is 5.32 Å². The van der Waals surface area contributed by atoms with Crippen molar-refractivity contribution in [2.75, 3.05) is 11.9 Å². The van der Waals surface area contributed by atoms with Gasteiger partial charge in [0, 0.05) is 16.6 Å². The zero-order valence-corrected chi connectivity index (χ0v) is 16.0. The minimum Gasteiger partial charge on any atom is -0.382 e. The van der Waals surface area contributed by atoms with E-state index in [-0.39, 0.29) is 0 Å². The molecule has 7 heteroatoms. The lowest BCUT2D eigenvalue weighted by Crippen LogP contribution is -2.58. The lowest BCUT2D eigenvalue weighted by molar-refractivity contribution is 0.339. The van der Waals surface area contributed by atoms with E-state index in [0.717, 1.165) is 10.9 Å². The van der Waals surface area contributed by atoms with Crippen LogP contribution in [0.25, 0.3) is 0 Å². The van der Waals surface area contributed by atoms with E-state index in [4.69, 9.17) is 0 Å². The Kier molecular flexibility index (Phi) is 5.09. The van der Waals surface area contributed by atoms with E-state index < -0.39 is 20.3 Å². The first kappa shape index (κ1) is 18.2. The van der Waals surface area contributed by atoms with E-state index in [1.807, 2.05) is 20.8 Å². The van der Waals surface area contributed by atoms with Crippen molar-refractivity contribution >= 4 is 31.6 Å². The van der Waals surface area contributed by atoms with Crippen molar-refractivity contribution in [3.63, 3.8) is 0 Å². The third-order valence-corrected chi connectivity index (χ3v) is 7.05. The number of nitriles is 1. The molecule has 0 atom stereocenters. The Morgan fingerprint density at radius 3 is 2.48 bits per heavy atom. The van der Waals surface area contributed by atoms with E-state index in [0.29, 0.717) is 30.6 Å². The molecule has 0 aromatic heterocycles. The molecule has 2 rings (SSSR count). The van der Waals surface area contributed by atoms with Gasteiger partial charge in [-0.3, -0.25) is 0 Å². The van der Waals surface area contributed by atoms with E-state index in [9.17, 15) is 13.7 Å². The van der Waals surface area contributed by atoms with Gasteiger partial charge in [0.25, 0.3) is 0 Å². The van der Waals surface area contributed by atoms with Crippen LogP contribution in [0.5, 0.6) is 0 Å². The Labute approximate surface area is 146 Å². The van der Waals surface area contributed by atoms with Crippen molar-refractivity contribution in [3.8, 4) is 6.07 Å². The van der Waals surface area contributed by atoms with Crippen molar-refractivity contribution in [1.29, 1.82) is 5.26 Å². The standard InChI is InChI=1S/C16H22BrN3O2S/c1-15(2,3)20-23(21,22)16(7-4-8-16)11-19-14-9-13(17)6-5-12(14)10-18/h5-6,9,19-20H,4,7-8,11H2,1-3H3. The fourth-order valence-electron chi connectivity index (χ4n) is 2.64. The largest absolute Gasteiger partial charge is 0.382 e. The van der Waals surface area contributed by atoms with Gasteiger partial charge in [-0.2, -0.15) is 5.26 Å². The van der Waals surface area contributed by atoms with Gasteiger partial charge in [0.2, 0.25) is 10.0 Å². The van der Waals surface area contributed by atoms with Crippen LogP contribution in [0.4, 0.5) is 5.69 Å². The number of rotatable bonds is 5. The third-order valence-electron chi connectivity index (χ3n) is 3.98. The van der Waals surface area contributed by atoms with Crippen LogP contribution in [0.15, 0.2) is 22.7 Å². The van der Waals surface area contributed by atoms with Gasteiger partial charge >= 0.3 is 0 Å². The number of sulfonamides is 1. The summed E-state index contributed by atoms with van der Waals surface area (Å²) in [7, 11) is -3.45. The topological polar surface area (TPSA) is 82.0 Å². The summed E-state index contributed by atoms with van der Waals surface area (Å²) >= 11 is 3.38. The molecule has 2 N–H and O–H groups in total. The van der Waals surface area contributed by atoms with E-state index in [2.05, 4.69) is 32.0 Å². The number of hydrogen-bond acceptors (Lipinski definition) is 4.